The standard InChI is InChI=1S/C15H21FN2O/c1-10-12(16)6-4-8-14(10)18-15(19)9-11-5-2-3-7-13(11)17/h4,6,8,11,13H,2-3,5,7,9,17H2,1H3,(H,18,19). The lowest BCUT2D eigenvalue weighted by atomic mass is 9.83. The van der Waals surface area contributed by atoms with Gasteiger partial charge in [-0.3, -0.25) is 4.79 Å². The predicted molar refractivity (Wildman–Crippen MR) is 74.3 cm³/mol. The molecule has 1 aromatic rings. The van der Waals surface area contributed by atoms with E-state index < -0.39 is 0 Å². The van der Waals surface area contributed by atoms with Crippen LogP contribution in [0, 0.1) is 18.7 Å². The molecule has 0 aromatic heterocycles. The summed E-state index contributed by atoms with van der Waals surface area (Å²) in [5.41, 5.74) is 7.06. The van der Waals surface area contributed by atoms with Crippen molar-refractivity contribution in [2.24, 2.45) is 11.7 Å². The van der Waals surface area contributed by atoms with E-state index in [0.29, 0.717) is 17.7 Å². The fraction of sp³-hybridized carbons (Fsp3) is 0.533. The molecule has 1 aromatic carbocycles. The fourth-order valence-corrected chi connectivity index (χ4v) is 2.67. The Hall–Kier alpha value is -1.42. The number of carbonyl (C=O) groups excluding carboxylic acids is 1. The number of carbonyl (C=O) groups is 1. The van der Waals surface area contributed by atoms with Gasteiger partial charge in [-0.05, 0) is 37.8 Å². The number of halogens is 1. The van der Waals surface area contributed by atoms with E-state index in [1.807, 2.05) is 0 Å². The molecular weight excluding hydrogens is 243 g/mol. The summed E-state index contributed by atoms with van der Waals surface area (Å²) >= 11 is 0. The Labute approximate surface area is 113 Å². The van der Waals surface area contributed by atoms with E-state index in [4.69, 9.17) is 5.73 Å². The van der Waals surface area contributed by atoms with Crippen molar-refractivity contribution in [3.63, 3.8) is 0 Å². The molecule has 3 nitrogen and oxygen atoms in total. The zero-order chi connectivity index (χ0) is 13.8. The van der Waals surface area contributed by atoms with Crippen LogP contribution in [0.5, 0.6) is 0 Å². The first-order valence-corrected chi connectivity index (χ1v) is 6.88. The largest absolute Gasteiger partial charge is 0.327 e. The maximum atomic E-state index is 13.4. The van der Waals surface area contributed by atoms with Crippen LogP contribution in [0.1, 0.15) is 37.7 Å². The lowest BCUT2D eigenvalue weighted by Gasteiger charge is -2.28. The number of amides is 1. The molecule has 104 valence electrons. The molecule has 1 fully saturated rings. The summed E-state index contributed by atoms with van der Waals surface area (Å²) in [6.07, 6.45) is 4.73. The lowest BCUT2D eigenvalue weighted by Crippen LogP contribution is -2.35. The number of rotatable bonds is 3. The summed E-state index contributed by atoms with van der Waals surface area (Å²) in [6.45, 7) is 1.66. The molecule has 0 spiro atoms. The van der Waals surface area contributed by atoms with Gasteiger partial charge in [0.15, 0.2) is 0 Å². The SMILES string of the molecule is Cc1c(F)cccc1NC(=O)CC1CCCCC1N. The predicted octanol–water partition coefficient (Wildman–Crippen LogP) is 2.98. The van der Waals surface area contributed by atoms with Crippen LogP contribution in [-0.4, -0.2) is 11.9 Å². The molecule has 19 heavy (non-hydrogen) atoms. The van der Waals surface area contributed by atoms with Crippen molar-refractivity contribution in [1.82, 2.24) is 0 Å². The Morgan fingerprint density at radius 1 is 1.42 bits per heavy atom. The van der Waals surface area contributed by atoms with Gasteiger partial charge in [-0.2, -0.15) is 0 Å². The van der Waals surface area contributed by atoms with Gasteiger partial charge >= 0.3 is 0 Å². The van der Waals surface area contributed by atoms with Crippen LogP contribution in [-0.2, 0) is 4.79 Å². The Kier molecular flexibility index (Phi) is 4.53. The van der Waals surface area contributed by atoms with E-state index in [-0.39, 0.29) is 23.7 Å². The Bertz CT molecular complexity index is 461. The van der Waals surface area contributed by atoms with Crippen molar-refractivity contribution in [3.05, 3.63) is 29.6 Å². The van der Waals surface area contributed by atoms with Crippen molar-refractivity contribution in [3.8, 4) is 0 Å². The van der Waals surface area contributed by atoms with Gasteiger partial charge < -0.3 is 11.1 Å². The number of hydrogen-bond acceptors (Lipinski definition) is 2. The Morgan fingerprint density at radius 3 is 2.89 bits per heavy atom. The van der Waals surface area contributed by atoms with E-state index in [1.165, 1.54) is 6.07 Å². The third-order valence-corrected chi connectivity index (χ3v) is 3.96. The highest BCUT2D eigenvalue weighted by Crippen LogP contribution is 2.26. The van der Waals surface area contributed by atoms with Crippen molar-refractivity contribution in [1.29, 1.82) is 0 Å². The van der Waals surface area contributed by atoms with Crippen LogP contribution in [0.2, 0.25) is 0 Å². The molecule has 1 saturated carbocycles. The minimum Gasteiger partial charge on any atom is -0.327 e. The number of anilines is 1. The van der Waals surface area contributed by atoms with Crippen LogP contribution < -0.4 is 11.1 Å². The van der Waals surface area contributed by atoms with Gasteiger partial charge in [0, 0.05) is 23.7 Å². The van der Waals surface area contributed by atoms with Gasteiger partial charge in [0.1, 0.15) is 5.82 Å². The summed E-state index contributed by atoms with van der Waals surface area (Å²) in [5, 5.41) is 2.78. The van der Waals surface area contributed by atoms with Gasteiger partial charge in [0.25, 0.3) is 0 Å². The summed E-state index contributed by atoms with van der Waals surface area (Å²) in [5.74, 6) is -0.120. The van der Waals surface area contributed by atoms with Gasteiger partial charge in [0.2, 0.25) is 5.91 Å². The van der Waals surface area contributed by atoms with Crippen LogP contribution in [0.3, 0.4) is 0 Å². The molecule has 0 saturated heterocycles. The highest BCUT2D eigenvalue weighted by Gasteiger charge is 2.24. The van der Waals surface area contributed by atoms with Crippen molar-refractivity contribution in [2.75, 3.05) is 5.32 Å². The van der Waals surface area contributed by atoms with Crippen molar-refractivity contribution >= 4 is 11.6 Å². The van der Waals surface area contributed by atoms with Crippen LogP contribution in [0.4, 0.5) is 10.1 Å². The second-order valence-corrected chi connectivity index (χ2v) is 5.37. The van der Waals surface area contributed by atoms with Crippen LogP contribution in [0.25, 0.3) is 0 Å². The summed E-state index contributed by atoms with van der Waals surface area (Å²) in [7, 11) is 0. The molecule has 2 atom stereocenters. The normalized spacial score (nSPS) is 23.1. The number of hydrogen-bond donors (Lipinski definition) is 2. The minimum absolute atomic E-state index is 0.0731. The van der Waals surface area contributed by atoms with Gasteiger partial charge in [-0.25, -0.2) is 4.39 Å². The molecule has 1 amide bonds. The highest BCUT2D eigenvalue weighted by molar-refractivity contribution is 5.91. The highest BCUT2D eigenvalue weighted by atomic mass is 19.1. The molecule has 0 radical (unpaired) electrons. The van der Waals surface area contributed by atoms with Gasteiger partial charge in [-0.1, -0.05) is 18.9 Å². The van der Waals surface area contributed by atoms with Crippen LogP contribution in [0.15, 0.2) is 18.2 Å². The third kappa shape index (κ3) is 3.53. The maximum Gasteiger partial charge on any atom is 0.224 e. The zero-order valence-corrected chi connectivity index (χ0v) is 11.3. The summed E-state index contributed by atoms with van der Waals surface area (Å²) in [6, 6.07) is 4.83. The van der Waals surface area contributed by atoms with E-state index in [1.54, 1.807) is 19.1 Å². The maximum absolute atomic E-state index is 13.4. The molecule has 3 N–H and O–H groups in total. The number of benzene rings is 1. The Morgan fingerprint density at radius 2 is 2.16 bits per heavy atom. The monoisotopic (exact) mass is 264 g/mol. The van der Waals surface area contributed by atoms with E-state index in [2.05, 4.69) is 5.32 Å². The van der Waals surface area contributed by atoms with E-state index in [9.17, 15) is 9.18 Å². The number of nitrogens with two attached hydrogens (primary N) is 1. The molecular formula is C15H21FN2O. The zero-order valence-electron chi connectivity index (χ0n) is 11.3. The van der Waals surface area contributed by atoms with Crippen LogP contribution >= 0.6 is 0 Å². The Balaban J connectivity index is 1.95. The molecule has 1 aliphatic carbocycles. The van der Waals surface area contributed by atoms with Gasteiger partial charge in [-0.15, -0.1) is 0 Å². The topological polar surface area (TPSA) is 55.1 Å². The summed E-state index contributed by atoms with van der Waals surface area (Å²) in [4.78, 5) is 12.0. The molecule has 0 heterocycles. The molecule has 0 bridgehead atoms. The minimum atomic E-state index is -0.299. The molecule has 1 aliphatic rings. The fourth-order valence-electron chi connectivity index (χ4n) is 2.67. The average molecular weight is 264 g/mol. The number of nitrogens with one attached hydrogen (secondary N) is 1. The van der Waals surface area contributed by atoms with Crippen molar-refractivity contribution < 1.29 is 9.18 Å². The van der Waals surface area contributed by atoms with E-state index >= 15 is 0 Å². The first-order chi connectivity index (χ1) is 9.08. The third-order valence-electron chi connectivity index (χ3n) is 3.96. The van der Waals surface area contributed by atoms with Gasteiger partial charge in [0.05, 0.1) is 0 Å². The van der Waals surface area contributed by atoms with Crippen molar-refractivity contribution in [2.45, 2.75) is 45.1 Å². The first kappa shape index (κ1) is 14.0. The quantitative estimate of drug-likeness (QED) is 0.881. The lowest BCUT2D eigenvalue weighted by molar-refractivity contribution is -0.117. The first-order valence-electron chi connectivity index (χ1n) is 6.88. The second kappa shape index (κ2) is 6.15. The molecule has 2 unspecified atom stereocenters. The second-order valence-electron chi connectivity index (χ2n) is 5.37. The molecule has 2 rings (SSSR count). The van der Waals surface area contributed by atoms with E-state index in [0.717, 1.165) is 25.7 Å². The smallest absolute Gasteiger partial charge is 0.224 e. The summed E-state index contributed by atoms with van der Waals surface area (Å²) < 4.78 is 13.4. The molecule has 0 aliphatic heterocycles. The average Bonchev–Trinajstić information content (AvgIpc) is 2.38. The molecule has 4 heteroatoms.